The number of thiazole rings is 1. The number of carbonyl (C=O) groups is 1. The summed E-state index contributed by atoms with van der Waals surface area (Å²) in [5.74, 6) is 0.691. The molecule has 7 nitrogen and oxygen atoms in total. The van der Waals surface area contributed by atoms with Gasteiger partial charge in [-0.05, 0) is 37.7 Å². The summed E-state index contributed by atoms with van der Waals surface area (Å²) in [6, 6.07) is 5.67. The van der Waals surface area contributed by atoms with Crippen molar-refractivity contribution >= 4 is 56.7 Å². The number of halogens is 2. The van der Waals surface area contributed by atoms with Crippen LogP contribution in [0.5, 0.6) is 0 Å². The fourth-order valence-corrected chi connectivity index (χ4v) is 4.23. The molecule has 0 aliphatic heterocycles. The van der Waals surface area contributed by atoms with Crippen LogP contribution in [0.25, 0.3) is 10.3 Å². The van der Waals surface area contributed by atoms with Gasteiger partial charge in [0.05, 0.1) is 21.2 Å². The lowest BCUT2D eigenvalue weighted by Gasteiger charge is -2.17. The summed E-state index contributed by atoms with van der Waals surface area (Å²) in [7, 11) is 5.85. The Balaban J connectivity index is 1.36. The Kier molecular flexibility index (Phi) is 8.43. The molecule has 0 atom stereocenters. The number of anilines is 1. The lowest BCUT2D eigenvalue weighted by molar-refractivity contribution is -0.121. The van der Waals surface area contributed by atoms with E-state index in [1.54, 1.807) is 6.20 Å². The van der Waals surface area contributed by atoms with E-state index in [0.29, 0.717) is 35.4 Å². The lowest BCUT2D eigenvalue weighted by atomic mass is 10.2. The standard InChI is InChI=1S/C21H26Cl2N6OS/c1-28(2)21-25-12-17-20(27-21)31-19(26-17)8-7-18(30)24-9-4-10-29(3)13-14-5-6-15(22)16(23)11-14/h5-6,11-12H,4,7-10,13H2,1-3H3,(H,24,30). The molecule has 3 rings (SSSR count). The Morgan fingerprint density at radius 1 is 1.16 bits per heavy atom. The fourth-order valence-electron chi connectivity index (χ4n) is 3.01. The maximum Gasteiger partial charge on any atom is 0.226 e. The van der Waals surface area contributed by atoms with Crippen LogP contribution in [0.4, 0.5) is 5.95 Å². The summed E-state index contributed by atoms with van der Waals surface area (Å²) in [6.45, 7) is 2.29. The van der Waals surface area contributed by atoms with Crippen LogP contribution >= 0.6 is 34.5 Å². The molecule has 10 heteroatoms. The predicted octanol–water partition coefficient (Wildman–Crippen LogP) is 4.03. The molecule has 2 heterocycles. The number of nitrogens with one attached hydrogen (secondary N) is 1. The Labute approximate surface area is 196 Å². The Bertz CT molecular complexity index is 1040. The second kappa shape index (κ2) is 11.0. The molecule has 3 aromatic rings. The molecule has 0 aliphatic carbocycles. The van der Waals surface area contributed by atoms with Crippen LogP contribution < -0.4 is 10.2 Å². The van der Waals surface area contributed by atoms with Gasteiger partial charge in [-0.2, -0.15) is 0 Å². The van der Waals surface area contributed by atoms with Gasteiger partial charge in [0.2, 0.25) is 11.9 Å². The van der Waals surface area contributed by atoms with Crippen molar-refractivity contribution in [3.05, 3.63) is 45.0 Å². The molecule has 166 valence electrons. The number of hydrogen-bond donors (Lipinski definition) is 1. The third-order valence-corrected chi connectivity index (χ3v) is 6.39. The molecule has 1 N–H and O–H groups in total. The molecule has 0 saturated carbocycles. The third-order valence-electron chi connectivity index (χ3n) is 4.62. The molecule has 2 aromatic heterocycles. The van der Waals surface area contributed by atoms with Gasteiger partial charge in [0, 0.05) is 40.0 Å². The number of aromatic nitrogens is 3. The van der Waals surface area contributed by atoms with Crippen molar-refractivity contribution in [2.75, 3.05) is 39.1 Å². The molecule has 0 aliphatic rings. The number of nitrogens with zero attached hydrogens (tertiary/aromatic N) is 5. The van der Waals surface area contributed by atoms with Gasteiger partial charge in [-0.1, -0.05) is 40.6 Å². The first-order chi connectivity index (χ1) is 14.8. The third kappa shape index (κ3) is 7.00. The monoisotopic (exact) mass is 480 g/mol. The molecule has 0 fully saturated rings. The number of hydrogen-bond acceptors (Lipinski definition) is 7. The summed E-state index contributed by atoms with van der Waals surface area (Å²) >= 11 is 13.5. The minimum Gasteiger partial charge on any atom is -0.356 e. The van der Waals surface area contributed by atoms with Crippen molar-refractivity contribution in [2.45, 2.75) is 25.8 Å². The molecule has 0 spiro atoms. The normalized spacial score (nSPS) is 11.3. The van der Waals surface area contributed by atoms with Gasteiger partial charge >= 0.3 is 0 Å². The number of benzene rings is 1. The quantitative estimate of drug-likeness (QED) is 0.441. The average Bonchev–Trinajstić information content (AvgIpc) is 3.14. The minimum atomic E-state index is 0.0338. The number of amides is 1. The second-order valence-electron chi connectivity index (χ2n) is 7.55. The van der Waals surface area contributed by atoms with Gasteiger partial charge in [0.1, 0.15) is 10.3 Å². The molecule has 1 aromatic carbocycles. The lowest BCUT2D eigenvalue weighted by Crippen LogP contribution is -2.28. The van der Waals surface area contributed by atoms with E-state index < -0.39 is 0 Å². The maximum atomic E-state index is 12.2. The van der Waals surface area contributed by atoms with Crippen LogP contribution in [0.3, 0.4) is 0 Å². The average molecular weight is 481 g/mol. The van der Waals surface area contributed by atoms with Crippen molar-refractivity contribution in [3.8, 4) is 0 Å². The summed E-state index contributed by atoms with van der Waals surface area (Å²) in [5.41, 5.74) is 1.88. The molecule has 0 bridgehead atoms. The highest BCUT2D eigenvalue weighted by molar-refractivity contribution is 7.18. The summed E-state index contributed by atoms with van der Waals surface area (Å²) in [4.78, 5) is 30.4. The minimum absolute atomic E-state index is 0.0338. The maximum absolute atomic E-state index is 12.2. The Morgan fingerprint density at radius 2 is 1.97 bits per heavy atom. The molecule has 0 unspecified atom stereocenters. The zero-order chi connectivity index (χ0) is 22.4. The van der Waals surface area contributed by atoms with E-state index in [1.807, 2.05) is 44.2 Å². The first kappa shape index (κ1) is 23.7. The van der Waals surface area contributed by atoms with Gasteiger partial charge < -0.3 is 15.1 Å². The zero-order valence-corrected chi connectivity index (χ0v) is 20.2. The Morgan fingerprint density at radius 3 is 2.71 bits per heavy atom. The molecule has 0 radical (unpaired) electrons. The van der Waals surface area contributed by atoms with E-state index in [-0.39, 0.29) is 5.91 Å². The Hall–Kier alpha value is -2.00. The molecule has 1 amide bonds. The number of fused-ring (bicyclic) bond motifs is 1. The molecule has 31 heavy (non-hydrogen) atoms. The highest BCUT2D eigenvalue weighted by Gasteiger charge is 2.10. The smallest absolute Gasteiger partial charge is 0.226 e. The summed E-state index contributed by atoms with van der Waals surface area (Å²) in [5, 5.41) is 5.01. The van der Waals surface area contributed by atoms with E-state index in [4.69, 9.17) is 23.2 Å². The first-order valence-electron chi connectivity index (χ1n) is 10.0. The van der Waals surface area contributed by atoms with Gasteiger partial charge in [-0.15, -0.1) is 0 Å². The van der Waals surface area contributed by atoms with E-state index in [9.17, 15) is 4.79 Å². The number of rotatable bonds is 10. The van der Waals surface area contributed by atoms with Crippen molar-refractivity contribution in [1.29, 1.82) is 0 Å². The molecular weight excluding hydrogens is 455 g/mol. The van der Waals surface area contributed by atoms with Crippen molar-refractivity contribution in [1.82, 2.24) is 25.2 Å². The van der Waals surface area contributed by atoms with Crippen LogP contribution in [0.2, 0.25) is 10.0 Å². The van der Waals surface area contributed by atoms with E-state index in [0.717, 1.165) is 40.4 Å². The molecular formula is C21H26Cl2N6OS. The number of carbonyl (C=O) groups excluding carboxylic acids is 1. The predicted molar refractivity (Wildman–Crippen MR) is 128 cm³/mol. The van der Waals surface area contributed by atoms with Crippen LogP contribution in [0.15, 0.2) is 24.4 Å². The topological polar surface area (TPSA) is 74.2 Å². The fraction of sp³-hybridized carbons (Fsp3) is 0.429. The van der Waals surface area contributed by atoms with Crippen LogP contribution in [0, 0.1) is 0 Å². The van der Waals surface area contributed by atoms with Crippen LogP contribution in [-0.2, 0) is 17.8 Å². The van der Waals surface area contributed by atoms with Crippen molar-refractivity contribution < 1.29 is 4.79 Å². The van der Waals surface area contributed by atoms with E-state index in [1.165, 1.54) is 11.3 Å². The zero-order valence-electron chi connectivity index (χ0n) is 17.9. The SMILES string of the molecule is CN(CCCNC(=O)CCc1nc2cnc(N(C)C)nc2s1)Cc1ccc(Cl)c(Cl)c1. The summed E-state index contributed by atoms with van der Waals surface area (Å²) in [6.07, 6.45) is 3.61. The number of aryl methyl sites for hydroxylation is 1. The largest absolute Gasteiger partial charge is 0.356 e. The van der Waals surface area contributed by atoms with Crippen LogP contribution in [0.1, 0.15) is 23.4 Å². The second-order valence-corrected chi connectivity index (χ2v) is 9.43. The van der Waals surface area contributed by atoms with E-state index >= 15 is 0 Å². The van der Waals surface area contributed by atoms with E-state index in [2.05, 4.69) is 25.2 Å². The first-order valence-corrected chi connectivity index (χ1v) is 11.6. The van der Waals surface area contributed by atoms with Crippen molar-refractivity contribution in [2.24, 2.45) is 0 Å². The summed E-state index contributed by atoms with van der Waals surface area (Å²) < 4.78 is 0. The highest BCUT2D eigenvalue weighted by Crippen LogP contribution is 2.23. The van der Waals surface area contributed by atoms with Gasteiger partial charge in [0.25, 0.3) is 0 Å². The van der Waals surface area contributed by atoms with Gasteiger partial charge in [-0.3, -0.25) is 4.79 Å². The van der Waals surface area contributed by atoms with Gasteiger partial charge in [-0.25, -0.2) is 15.0 Å². The van der Waals surface area contributed by atoms with Crippen LogP contribution in [-0.4, -0.2) is 60.0 Å². The van der Waals surface area contributed by atoms with Gasteiger partial charge in [0.15, 0.2) is 0 Å². The highest BCUT2D eigenvalue weighted by atomic mass is 35.5. The van der Waals surface area contributed by atoms with Crippen molar-refractivity contribution in [3.63, 3.8) is 0 Å². The molecule has 0 saturated heterocycles.